The van der Waals surface area contributed by atoms with Crippen molar-refractivity contribution in [2.24, 2.45) is 0 Å². The highest BCUT2D eigenvalue weighted by molar-refractivity contribution is 6.16. The van der Waals surface area contributed by atoms with E-state index in [2.05, 4.69) is 72.5 Å². The van der Waals surface area contributed by atoms with Gasteiger partial charge in [-0.2, -0.15) is 0 Å². The van der Waals surface area contributed by atoms with Gasteiger partial charge in [0.15, 0.2) is 0 Å². The van der Waals surface area contributed by atoms with E-state index >= 15 is 0 Å². The fraction of sp³-hybridized carbons (Fsp3) is 0. The molecule has 2 heteroatoms. The van der Waals surface area contributed by atoms with Gasteiger partial charge in [0.2, 0.25) is 0 Å². The summed E-state index contributed by atoms with van der Waals surface area (Å²) in [5.41, 5.74) is 17.6. The second-order valence-corrected chi connectivity index (χ2v) is 7.34. The maximum Gasteiger partial charge on any atom is 0.0406 e. The van der Waals surface area contributed by atoms with Gasteiger partial charge in [-0.3, -0.25) is 0 Å². The van der Waals surface area contributed by atoms with Crippen LogP contribution in [-0.4, -0.2) is 0 Å². The standard InChI is InChI=1S/C28H20N2/c29-21-14-9-19(10-15-21)11-18-25-23-5-1-3-7-26(23)28(20-12-16-22(30)17-13-20)27-8-4-2-6-24(25)27/h1-10,12-17H,29-30H2. The number of anilines is 2. The minimum atomic E-state index is 0.740. The lowest BCUT2D eigenvalue weighted by Gasteiger charge is -2.14. The summed E-state index contributed by atoms with van der Waals surface area (Å²) in [6, 6.07) is 32.7. The third-order valence-electron chi connectivity index (χ3n) is 5.37. The summed E-state index contributed by atoms with van der Waals surface area (Å²) in [4.78, 5) is 0. The number of nitrogen functional groups attached to an aromatic ring is 2. The smallest absolute Gasteiger partial charge is 0.0406 e. The van der Waals surface area contributed by atoms with Gasteiger partial charge in [-0.25, -0.2) is 0 Å². The lowest BCUT2D eigenvalue weighted by molar-refractivity contribution is 1.63. The van der Waals surface area contributed by atoms with Gasteiger partial charge < -0.3 is 11.5 Å². The van der Waals surface area contributed by atoms with E-state index in [-0.39, 0.29) is 0 Å². The lowest BCUT2D eigenvalue weighted by atomic mass is 9.88. The van der Waals surface area contributed by atoms with E-state index in [9.17, 15) is 0 Å². The summed E-state index contributed by atoms with van der Waals surface area (Å²) in [5.74, 6) is 6.76. The fourth-order valence-electron chi connectivity index (χ4n) is 3.92. The van der Waals surface area contributed by atoms with Gasteiger partial charge >= 0.3 is 0 Å². The molecule has 142 valence electrons. The number of hydrogen-bond acceptors (Lipinski definition) is 2. The number of hydrogen-bond donors (Lipinski definition) is 2. The van der Waals surface area contributed by atoms with Gasteiger partial charge in [-0.1, -0.05) is 72.5 Å². The van der Waals surface area contributed by atoms with Gasteiger partial charge in [0, 0.05) is 22.5 Å². The molecule has 2 nitrogen and oxygen atoms in total. The molecule has 4 N–H and O–H groups in total. The molecule has 0 heterocycles. The van der Waals surface area contributed by atoms with E-state index in [1.807, 2.05) is 36.4 Å². The summed E-state index contributed by atoms with van der Waals surface area (Å²) >= 11 is 0. The van der Waals surface area contributed by atoms with E-state index in [1.54, 1.807) is 0 Å². The zero-order valence-electron chi connectivity index (χ0n) is 16.4. The molecule has 5 aromatic carbocycles. The molecular weight excluding hydrogens is 364 g/mol. The Balaban J connectivity index is 1.84. The Labute approximate surface area is 175 Å². The third-order valence-corrected chi connectivity index (χ3v) is 5.37. The number of benzene rings is 5. The van der Waals surface area contributed by atoms with Crippen molar-refractivity contribution < 1.29 is 0 Å². The number of rotatable bonds is 1. The quantitative estimate of drug-likeness (QED) is 0.205. The van der Waals surface area contributed by atoms with E-state index in [0.29, 0.717) is 0 Å². The van der Waals surface area contributed by atoms with E-state index in [1.165, 1.54) is 16.3 Å². The van der Waals surface area contributed by atoms with Crippen LogP contribution in [0.2, 0.25) is 0 Å². The lowest BCUT2D eigenvalue weighted by Crippen LogP contribution is -1.91. The zero-order chi connectivity index (χ0) is 20.5. The molecule has 0 bridgehead atoms. The molecule has 0 aromatic heterocycles. The molecule has 0 amide bonds. The van der Waals surface area contributed by atoms with Crippen molar-refractivity contribution in [1.29, 1.82) is 0 Å². The van der Waals surface area contributed by atoms with Crippen LogP contribution in [0.4, 0.5) is 11.4 Å². The highest BCUT2D eigenvalue weighted by atomic mass is 14.5. The zero-order valence-corrected chi connectivity index (χ0v) is 16.4. The Bertz CT molecular complexity index is 1380. The third kappa shape index (κ3) is 3.13. The highest BCUT2D eigenvalue weighted by Crippen LogP contribution is 2.39. The van der Waals surface area contributed by atoms with E-state index in [0.717, 1.165) is 38.8 Å². The van der Waals surface area contributed by atoms with Gasteiger partial charge in [0.05, 0.1) is 0 Å². The molecule has 0 spiro atoms. The second-order valence-electron chi connectivity index (χ2n) is 7.34. The van der Waals surface area contributed by atoms with Crippen LogP contribution in [0.5, 0.6) is 0 Å². The minimum Gasteiger partial charge on any atom is -0.399 e. The summed E-state index contributed by atoms with van der Waals surface area (Å²) in [5, 5.41) is 4.65. The van der Waals surface area contributed by atoms with Crippen LogP contribution in [0.1, 0.15) is 11.1 Å². The molecule has 0 aliphatic carbocycles. The van der Waals surface area contributed by atoms with Crippen LogP contribution < -0.4 is 11.5 Å². The van der Waals surface area contributed by atoms with Crippen LogP contribution in [0.25, 0.3) is 32.7 Å². The predicted molar refractivity (Wildman–Crippen MR) is 128 cm³/mol. The molecule has 30 heavy (non-hydrogen) atoms. The average molecular weight is 384 g/mol. The summed E-state index contributed by atoms with van der Waals surface area (Å²) in [6.07, 6.45) is 0. The second kappa shape index (κ2) is 7.31. The van der Waals surface area contributed by atoms with Crippen molar-refractivity contribution in [3.63, 3.8) is 0 Å². The number of fused-ring (bicyclic) bond motifs is 2. The monoisotopic (exact) mass is 384 g/mol. The molecule has 5 aromatic rings. The van der Waals surface area contributed by atoms with Crippen molar-refractivity contribution >= 4 is 32.9 Å². The molecular formula is C28H20N2. The molecule has 0 aliphatic rings. The van der Waals surface area contributed by atoms with Crippen LogP contribution in [0, 0.1) is 11.8 Å². The van der Waals surface area contributed by atoms with Crippen molar-refractivity contribution in [2.45, 2.75) is 0 Å². The Kier molecular flexibility index (Phi) is 4.35. The van der Waals surface area contributed by atoms with Crippen molar-refractivity contribution in [3.8, 4) is 23.0 Å². The summed E-state index contributed by atoms with van der Waals surface area (Å²) in [7, 11) is 0. The van der Waals surface area contributed by atoms with Crippen molar-refractivity contribution in [1.82, 2.24) is 0 Å². The Morgan fingerprint density at radius 3 is 1.47 bits per heavy atom. The normalized spacial score (nSPS) is 10.7. The molecule has 0 unspecified atom stereocenters. The molecule has 0 aliphatic heterocycles. The van der Waals surface area contributed by atoms with Gasteiger partial charge in [-0.05, 0) is 69.1 Å². The Morgan fingerprint density at radius 2 is 0.933 bits per heavy atom. The first-order valence-electron chi connectivity index (χ1n) is 9.87. The molecule has 0 saturated heterocycles. The minimum absolute atomic E-state index is 0.740. The summed E-state index contributed by atoms with van der Waals surface area (Å²) < 4.78 is 0. The van der Waals surface area contributed by atoms with E-state index in [4.69, 9.17) is 11.5 Å². The predicted octanol–water partition coefficient (Wildman–Crippen LogP) is 6.22. The first-order valence-corrected chi connectivity index (χ1v) is 9.87. The fourth-order valence-corrected chi connectivity index (χ4v) is 3.92. The van der Waals surface area contributed by atoms with Crippen molar-refractivity contribution in [3.05, 3.63) is 108 Å². The van der Waals surface area contributed by atoms with Crippen LogP contribution in [-0.2, 0) is 0 Å². The van der Waals surface area contributed by atoms with Gasteiger partial charge in [-0.15, -0.1) is 0 Å². The maximum absolute atomic E-state index is 5.93. The largest absolute Gasteiger partial charge is 0.399 e. The Hall–Kier alpha value is -4.22. The van der Waals surface area contributed by atoms with Gasteiger partial charge in [0.25, 0.3) is 0 Å². The van der Waals surface area contributed by atoms with Gasteiger partial charge in [0.1, 0.15) is 0 Å². The SMILES string of the molecule is Nc1ccc(C#Cc2c3ccccc3c(-c3ccc(N)cc3)c3ccccc23)cc1. The van der Waals surface area contributed by atoms with Crippen LogP contribution in [0.3, 0.4) is 0 Å². The highest BCUT2D eigenvalue weighted by Gasteiger charge is 2.13. The topological polar surface area (TPSA) is 52.0 Å². The maximum atomic E-state index is 5.93. The van der Waals surface area contributed by atoms with Crippen LogP contribution in [0.15, 0.2) is 97.1 Å². The van der Waals surface area contributed by atoms with Crippen LogP contribution >= 0.6 is 0 Å². The first kappa shape index (κ1) is 17.8. The average Bonchev–Trinajstić information content (AvgIpc) is 2.78. The summed E-state index contributed by atoms with van der Waals surface area (Å²) in [6.45, 7) is 0. The molecule has 0 saturated carbocycles. The molecule has 5 rings (SSSR count). The molecule has 0 fully saturated rings. The first-order chi connectivity index (χ1) is 14.7. The Morgan fingerprint density at radius 1 is 0.467 bits per heavy atom. The van der Waals surface area contributed by atoms with Crippen molar-refractivity contribution in [2.75, 3.05) is 11.5 Å². The molecule has 0 atom stereocenters. The number of nitrogens with two attached hydrogens (primary N) is 2. The molecule has 0 radical (unpaired) electrons. The van der Waals surface area contributed by atoms with E-state index < -0.39 is 0 Å².